The molecule has 0 saturated carbocycles. The molecule has 9 heteroatoms. The van der Waals surface area contributed by atoms with Crippen molar-refractivity contribution in [3.63, 3.8) is 0 Å². The standard InChI is InChI=1S/C23H26N8O/c1-23(2,3)14-31-19(25-21(28-31)22(32)24-4)13-15-9-11-16(12-10-15)17-7-5-6-8-18(17)20-26-29-30-27-20/h5-12H,13-14H2,1-4H3,(H,24,32)(H,26,27,29,30). The number of rotatable bonds is 6. The molecule has 0 bridgehead atoms. The molecule has 2 heterocycles. The minimum absolute atomic E-state index is 0.00509. The van der Waals surface area contributed by atoms with Crippen LogP contribution in [0.3, 0.4) is 0 Å². The van der Waals surface area contributed by atoms with Crippen molar-refractivity contribution in [3.05, 3.63) is 65.7 Å². The number of benzene rings is 2. The SMILES string of the molecule is CNC(=O)c1nc(Cc2ccc(-c3ccccc3-c3nn[nH]n3)cc2)n(CC(C)(C)C)n1. The zero-order valence-electron chi connectivity index (χ0n) is 18.6. The third-order valence-corrected chi connectivity index (χ3v) is 4.94. The average Bonchev–Trinajstić information content (AvgIpc) is 3.43. The summed E-state index contributed by atoms with van der Waals surface area (Å²) in [6, 6.07) is 16.2. The van der Waals surface area contributed by atoms with Gasteiger partial charge < -0.3 is 5.32 Å². The first-order valence-corrected chi connectivity index (χ1v) is 10.4. The van der Waals surface area contributed by atoms with Crippen LogP contribution in [0.4, 0.5) is 0 Å². The zero-order chi connectivity index (χ0) is 22.7. The smallest absolute Gasteiger partial charge is 0.290 e. The number of aromatic amines is 1. The van der Waals surface area contributed by atoms with Gasteiger partial charge in [-0.3, -0.25) is 4.79 Å². The van der Waals surface area contributed by atoms with Gasteiger partial charge in [0.05, 0.1) is 0 Å². The molecular formula is C23H26N8O. The maximum Gasteiger partial charge on any atom is 0.290 e. The lowest BCUT2D eigenvalue weighted by Crippen LogP contribution is -2.21. The van der Waals surface area contributed by atoms with E-state index in [1.54, 1.807) is 7.05 Å². The summed E-state index contributed by atoms with van der Waals surface area (Å²) < 4.78 is 1.84. The second kappa shape index (κ2) is 8.70. The van der Waals surface area contributed by atoms with Gasteiger partial charge in [0.15, 0.2) is 0 Å². The van der Waals surface area contributed by atoms with Crippen LogP contribution in [-0.4, -0.2) is 48.3 Å². The van der Waals surface area contributed by atoms with Crippen LogP contribution in [0.1, 0.15) is 42.8 Å². The molecule has 1 amide bonds. The summed E-state index contributed by atoms with van der Waals surface area (Å²) in [6.45, 7) is 7.07. The minimum Gasteiger partial charge on any atom is -0.352 e. The van der Waals surface area contributed by atoms with E-state index in [1.165, 1.54) is 0 Å². The zero-order valence-corrected chi connectivity index (χ0v) is 18.6. The molecular weight excluding hydrogens is 404 g/mol. The first kappa shape index (κ1) is 21.4. The Kier molecular flexibility index (Phi) is 5.81. The van der Waals surface area contributed by atoms with Crippen LogP contribution in [0.5, 0.6) is 0 Å². The van der Waals surface area contributed by atoms with Gasteiger partial charge in [-0.25, -0.2) is 9.67 Å². The Labute approximate surface area is 186 Å². The maximum atomic E-state index is 12.1. The highest BCUT2D eigenvalue weighted by atomic mass is 16.2. The van der Waals surface area contributed by atoms with Crippen molar-refractivity contribution in [2.24, 2.45) is 5.41 Å². The molecule has 32 heavy (non-hydrogen) atoms. The van der Waals surface area contributed by atoms with Gasteiger partial charge in [-0.15, -0.1) is 15.3 Å². The number of hydrogen-bond acceptors (Lipinski definition) is 6. The number of H-pyrrole nitrogens is 1. The topological polar surface area (TPSA) is 114 Å². The second-order valence-corrected chi connectivity index (χ2v) is 8.80. The molecule has 0 spiro atoms. The van der Waals surface area contributed by atoms with Crippen molar-refractivity contribution in [2.45, 2.75) is 33.7 Å². The number of carbonyl (C=O) groups is 1. The lowest BCUT2D eigenvalue weighted by atomic mass is 9.96. The summed E-state index contributed by atoms with van der Waals surface area (Å²) >= 11 is 0. The number of carbonyl (C=O) groups excluding carboxylic acids is 1. The Balaban J connectivity index is 1.62. The number of nitrogens with zero attached hydrogens (tertiary/aromatic N) is 6. The van der Waals surface area contributed by atoms with E-state index in [4.69, 9.17) is 0 Å². The average molecular weight is 431 g/mol. The molecule has 2 aromatic heterocycles. The molecule has 0 atom stereocenters. The molecule has 0 unspecified atom stereocenters. The molecule has 164 valence electrons. The maximum absolute atomic E-state index is 12.1. The van der Waals surface area contributed by atoms with Crippen molar-refractivity contribution in [2.75, 3.05) is 7.05 Å². The van der Waals surface area contributed by atoms with Crippen LogP contribution in [0.2, 0.25) is 0 Å². The molecule has 0 saturated heterocycles. The minimum atomic E-state index is -0.285. The molecule has 0 aliphatic heterocycles. The van der Waals surface area contributed by atoms with E-state index >= 15 is 0 Å². The van der Waals surface area contributed by atoms with Gasteiger partial charge in [0.2, 0.25) is 11.6 Å². The molecule has 9 nitrogen and oxygen atoms in total. The molecule has 0 fully saturated rings. The van der Waals surface area contributed by atoms with Crippen LogP contribution in [0.25, 0.3) is 22.5 Å². The lowest BCUT2D eigenvalue weighted by Gasteiger charge is -2.19. The van der Waals surface area contributed by atoms with Crippen LogP contribution in [0.15, 0.2) is 48.5 Å². The second-order valence-electron chi connectivity index (χ2n) is 8.80. The van der Waals surface area contributed by atoms with Crippen molar-refractivity contribution in [1.82, 2.24) is 40.7 Å². The van der Waals surface area contributed by atoms with E-state index in [0.717, 1.165) is 28.1 Å². The molecule has 2 aromatic carbocycles. The molecule has 4 aromatic rings. The van der Waals surface area contributed by atoms with Gasteiger partial charge in [0, 0.05) is 25.6 Å². The highest BCUT2D eigenvalue weighted by Crippen LogP contribution is 2.30. The summed E-state index contributed by atoms with van der Waals surface area (Å²) in [7, 11) is 1.58. The van der Waals surface area contributed by atoms with E-state index in [-0.39, 0.29) is 17.1 Å². The quantitative estimate of drug-likeness (QED) is 0.486. The Bertz CT molecular complexity index is 1200. The Hall–Kier alpha value is -3.88. The fraction of sp³-hybridized carbons (Fsp3) is 0.304. The molecule has 4 rings (SSSR count). The third-order valence-electron chi connectivity index (χ3n) is 4.94. The number of tetrazole rings is 1. The van der Waals surface area contributed by atoms with Gasteiger partial charge in [-0.05, 0) is 27.3 Å². The molecule has 0 radical (unpaired) electrons. The summed E-state index contributed by atoms with van der Waals surface area (Å²) in [4.78, 5) is 16.6. The summed E-state index contributed by atoms with van der Waals surface area (Å²) in [6.07, 6.45) is 0.576. The summed E-state index contributed by atoms with van der Waals surface area (Å²) in [5.74, 6) is 1.23. The molecule has 2 N–H and O–H groups in total. The van der Waals surface area contributed by atoms with Gasteiger partial charge in [-0.1, -0.05) is 69.3 Å². The number of amides is 1. The first-order valence-electron chi connectivity index (χ1n) is 10.4. The number of aromatic nitrogens is 7. The van der Waals surface area contributed by atoms with Crippen molar-refractivity contribution in [3.8, 4) is 22.5 Å². The molecule has 0 aliphatic rings. The number of hydrogen-bond donors (Lipinski definition) is 2. The summed E-state index contributed by atoms with van der Waals surface area (Å²) in [5, 5.41) is 21.4. The Morgan fingerprint density at radius 2 is 1.78 bits per heavy atom. The van der Waals surface area contributed by atoms with Gasteiger partial charge >= 0.3 is 0 Å². The van der Waals surface area contributed by atoms with Crippen LogP contribution in [0, 0.1) is 5.41 Å². The van der Waals surface area contributed by atoms with Gasteiger partial charge in [0.25, 0.3) is 5.91 Å². The number of nitrogens with one attached hydrogen (secondary N) is 2. The highest BCUT2D eigenvalue weighted by molar-refractivity contribution is 5.90. The lowest BCUT2D eigenvalue weighted by molar-refractivity contribution is 0.0952. The largest absolute Gasteiger partial charge is 0.352 e. The highest BCUT2D eigenvalue weighted by Gasteiger charge is 2.20. The van der Waals surface area contributed by atoms with E-state index in [0.29, 0.717) is 18.8 Å². The monoisotopic (exact) mass is 430 g/mol. The Morgan fingerprint density at radius 3 is 2.41 bits per heavy atom. The normalized spacial score (nSPS) is 11.5. The predicted octanol–water partition coefficient (Wildman–Crippen LogP) is 3.12. The van der Waals surface area contributed by atoms with E-state index in [2.05, 4.69) is 81.1 Å². The van der Waals surface area contributed by atoms with Crippen molar-refractivity contribution < 1.29 is 4.79 Å². The van der Waals surface area contributed by atoms with Crippen LogP contribution < -0.4 is 5.32 Å². The van der Waals surface area contributed by atoms with Crippen LogP contribution >= 0.6 is 0 Å². The molecule has 0 aliphatic carbocycles. The summed E-state index contributed by atoms with van der Waals surface area (Å²) in [5.41, 5.74) is 4.08. The van der Waals surface area contributed by atoms with E-state index in [9.17, 15) is 4.79 Å². The van der Waals surface area contributed by atoms with E-state index < -0.39 is 0 Å². The van der Waals surface area contributed by atoms with Gasteiger partial charge in [-0.2, -0.15) is 5.21 Å². The van der Waals surface area contributed by atoms with Gasteiger partial charge in [0.1, 0.15) is 5.82 Å². The van der Waals surface area contributed by atoms with Crippen molar-refractivity contribution >= 4 is 5.91 Å². The van der Waals surface area contributed by atoms with Crippen molar-refractivity contribution in [1.29, 1.82) is 0 Å². The fourth-order valence-electron chi connectivity index (χ4n) is 3.48. The predicted molar refractivity (Wildman–Crippen MR) is 121 cm³/mol. The fourth-order valence-corrected chi connectivity index (χ4v) is 3.48. The Morgan fingerprint density at radius 1 is 1.06 bits per heavy atom. The first-order chi connectivity index (χ1) is 15.3. The van der Waals surface area contributed by atoms with Crippen LogP contribution in [-0.2, 0) is 13.0 Å². The third kappa shape index (κ3) is 4.72. The van der Waals surface area contributed by atoms with E-state index in [1.807, 2.05) is 28.9 Å².